The molecule has 2 amide bonds. The molecule has 128 valence electrons. The first kappa shape index (κ1) is 16.7. The maximum absolute atomic E-state index is 12.5. The Balaban J connectivity index is 1.49. The fraction of sp³-hybridized carbons (Fsp3) is 0.474. The second-order valence-corrected chi connectivity index (χ2v) is 6.79. The highest BCUT2D eigenvalue weighted by atomic mass is 16.2. The predicted octanol–water partition coefficient (Wildman–Crippen LogP) is 0.0825. The van der Waals surface area contributed by atoms with Crippen molar-refractivity contribution in [2.24, 2.45) is 11.7 Å². The Morgan fingerprint density at radius 2 is 1.88 bits per heavy atom. The molecular weight excluding hydrogens is 302 g/mol. The lowest BCUT2D eigenvalue weighted by molar-refractivity contribution is -0.898. The van der Waals surface area contributed by atoms with Crippen LogP contribution in [-0.4, -0.2) is 49.4 Å². The highest BCUT2D eigenvalue weighted by Gasteiger charge is 2.28. The molecule has 5 nitrogen and oxygen atoms in total. The topological polar surface area (TPSA) is 67.8 Å². The van der Waals surface area contributed by atoms with Crippen LogP contribution in [0, 0.1) is 5.92 Å². The van der Waals surface area contributed by atoms with Crippen molar-refractivity contribution in [3.63, 3.8) is 0 Å². The molecule has 2 heterocycles. The molecule has 0 radical (unpaired) electrons. The van der Waals surface area contributed by atoms with Crippen LogP contribution in [0.15, 0.2) is 36.4 Å². The smallest absolute Gasteiger partial charge is 0.278 e. The fourth-order valence-corrected chi connectivity index (χ4v) is 3.62. The molecule has 0 aromatic heterocycles. The van der Waals surface area contributed by atoms with Gasteiger partial charge in [0, 0.05) is 31.8 Å². The van der Waals surface area contributed by atoms with Gasteiger partial charge in [-0.25, -0.2) is 0 Å². The summed E-state index contributed by atoms with van der Waals surface area (Å²) in [6.07, 6.45) is 4.69. The van der Waals surface area contributed by atoms with Crippen LogP contribution in [0.2, 0.25) is 0 Å². The number of quaternary nitrogens is 1. The summed E-state index contributed by atoms with van der Waals surface area (Å²) in [4.78, 5) is 26.9. The molecule has 2 aliphatic rings. The lowest BCUT2D eigenvalue weighted by atomic mass is 9.96. The molecule has 0 bridgehead atoms. The van der Waals surface area contributed by atoms with Crippen LogP contribution in [0.1, 0.15) is 24.8 Å². The Labute approximate surface area is 143 Å². The summed E-state index contributed by atoms with van der Waals surface area (Å²) in [6, 6.07) is 10.4. The Hall–Kier alpha value is -2.14. The molecule has 5 heteroatoms. The van der Waals surface area contributed by atoms with E-state index in [2.05, 4.69) is 18.2 Å². The van der Waals surface area contributed by atoms with Gasteiger partial charge in [-0.2, -0.15) is 0 Å². The van der Waals surface area contributed by atoms with Gasteiger partial charge in [0.25, 0.3) is 5.91 Å². The number of hydrogen-bond acceptors (Lipinski definition) is 2. The van der Waals surface area contributed by atoms with Gasteiger partial charge < -0.3 is 15.5 Å². The van der Waals surface area contributed by atoms with E-state index in [0.717, 1.165) is 38.9 Å². The van der Waals surface area contributed by atoms with Crippen molar-refractivity contribution in [2.45, 2.75) is 19.3 Å². The Kier molecular flexibility index (Phi) is 5.30. The zero-order valence-electron chi connectivity index (χ0n) is 14.0. The van der Waals surface area contributed by atoms with E-state index >= 15 is 0 Å². The largest absolute Gasteiger partial charge is 0.369 e. The molecule has 0 unspecified atom stereocenters. The molecule has 3 rings (SSSR count). The molecule has 1 aromatic rings. The minimum atomic E-state index is -0.199. The van der Waals surface area contributed by atoms with Crippen molar-refractivity contribution >= 4 is 17.4 Å². The van der Waals surface area contributed by atoms with E-state index in [1.165, 1.54) is 16.0 Å². The lowest BCUT2D eigenvalue weighted by Gasteiger charge is -2.31. The number of amides is 2. The molecule has 1 saturated heterocycles. The van der Waals surface area contributed by atoms with Gasteiger partial charge in [-0.15, -0.1) is 0 Å². The van der Waals surface area contributed by atoms with Gasteiger partial charge in [0.05, 0.1) is 13.1 Å². The van der Waals surface area contributed by atoms with Crippen LogP contribution in [-0.2, 0) is 9.59 Å². The van der Waals surface area contributed by atoms with Crippen molar-refractivity contribution in [1.82, 2.24) is 4.90 Å². The van der Waals surface area contributed by atoms with Crippen molar-refractivity contribution < 1.29 is 14.5 Å². The van der Waals surface area contributed by atoms with Crippen LogP contribution in [0.5, 0.6) is 0 Å². The number of piperidine rings is 1. The molecule has 1 fully saturated rings. The summed E-state index contributed by atoms with van der Waals surface area (Å²) in [5.41, 5.74) is 7.94. The molecule has 24 heavy (non-hydrogen) atoms. The molecule has 1 aromatic carbocycles. The maximum atomic E-state index is 12.5. The number of benzene rings is 1. The third-order valence-electron chi connectivity index (χ3n) is 5.20. The summed E-state index contributed by atoms with van der Waals surface area (Å²) < 4.78 is 0. The Bertz CT molecular complexity index is 619. The first-order valence-corrected chi connectivity index (χ1v) is 8.78. The van der Waals surface area contributed by atoms with Crippen LogP contribution < -0.4 is 10.6 Å². The summed E-state index contributed by atoms with van der Waals surface area (Å²) in [6.45, 7) is 3.73. The Morgan fingerprint density at radius 1 is 1.17 bits per heavy atom. The van der Waals surface area contributed by atoms with Gasteiger partial charge in [-0.1, -0.05) is 36.4 Å². The van der Waals surface area contributed by atoms with E-state index in [4.69, 9.17) is 5.73 Å². The third-order valence-corrected chi connectivity index (χ3v) is 5.20. The highest BCUT2D eigenvalue weighted by molar-refractivity contribution is 5.79. The number of hydrogen-bond donors (Lipinski definition) is 2. The first-order chi connectivity index (χ1) is 11.6. The van der Waals surface area contributed by atoms with Crippen LogP contribution in [0.3, 0.4) is 0 Å². The van der Waals surface area contributed by atoms with Gasteiger partial charge in [0.2, 0.25) is 5.91 Å². The molecule has 0 atom stereocenters. The van der Waals surface area contributed by atoms with Gasteiger partial charge in [-0.3, -0.25) is 9.59 Å². The number of carbonyl (C=O) groups is 2. The minimum Gasteiger partial charge on any atom is -0.369 e. The Morgan fingerprint density at radius 3 is 2.46 bits per heavy atom. The summed E-state index contributed by atoms with van der Waals surface area (Å²) >= 11 is 0. The summed E-state index contributed by atoms with van der Waals surface area (Å²) in [7, 11) is 0. The summed E-state index contributed by atoms with van der Waals surface area (Å²) in [5, 5.41) is 0. The van der Waals surface area contributed by atoms with Crippen molar-refractivity contribution in [3.8, 4) is 0 Å². The van der Waals surface area contributed by atoms with Gasteiger partial charge in [0.1, 0.15) is 0 Å². The monoisotopic (exact) mass is 328 g/mol. The second kappa shape index (κ2) is 7.62. The molecule has 2 aliphatic heterocycles. The van der Waals surface area contributed by atoms with E-state index in [1.807, 2.05) is 23.1 Å². The van der Waals surface area contributed by atoms with Crippen LogP contribution in [0.4, 0.5) is 0 Å². The molecule has 0 aliphatic carbocycles. The van der Waals surface area contributed by atoms with E-state index in [0.29, 0.717) is 13.1 Å². The summed E-state index contributed by atoms with van der Waals surface area (Å²) in [5.74, 6) is 0.0103. The van der Waals surface area contributed by atoms with Gasteiger partial charge in [0.15, 0.2) is 6.54 Å². The number of nitrogens with zero attached hydrogens (tertiary/aromatic N) is 1. The van der Waals surface area contributed by atoms with E-state index in [9.17, 15) is 9.59 Å². The zero-order valence-corrected chi connectivity index (χ0v) is 14.0. The van der Waals surface area contributed by atoms with E-state index in [-0.39, 0.29) is 17.7 Å². The van der Waals surface area contributed by atoms with Gasteiger partial charge >= 0.3 is 0 Å². The van der Waals surface area contributed by atoms with E-state index < -0.39 is 0 Å². The second-order valence-electron chi connectivity index (χ2n) is 6.79. The number of nitrogens with one attached hydrogen (secondary N) is 1. The third kappa shape index (κ3) is 4.03. The fourth-order valence-electron chi connectivity index (χ4n) is 3.62. The minimum absolute atomic E-state index is 0.00444. The van der Waals surface area contributed by atoms with E-state index in [1.54, 1.807) is 0 Å². The molecular formula is C19H26N3O2+. The average molecular weight is 328 g/mol. The zero-order chi connectivity index (χ0) is 16.9. The quantitative estimate of drug-likeness (QED) is 0.822. The predicted molar refractivity (Wildman–Crippen MR) is 93.1 cm³/mol. The van der Waals surface area contributed by atoms with Gasteiger partial charge in [-0.05, 0) is 17.6 Å². The number of primary amides is 1. The normalized spacial score (nSPS) is 24.3. The van der Waals surface area contributed by atoms with Crippen molar-refractivity contribution in [2.75, 3.05) is 32.7 Å². The number of likely N-dealkylation sites (tertiary alicyclic amines) is 1. The van der Waals surface area contributed by atoms with Crippen molar-refractivity contribution in [1.29, 1.82) is 0 Å². The first-order valence-electron chi connectivity index (χ1n) is 8.78. The SMILES string of the molecule is NC(=O)C1CC[NH+](CC(=O)N2CC=C(c3ccccc3)CC2)CC1. The number of rotatable bonds is 4. The van der Waals surface area contributed by atoms with Crippen LogP contribution in [0.25, 0.3) is 5.57 Å². The highest BCUT2D eigenvalue weighted by Crippen LogP contribution is 2.21. The van der Waals surface area contributed by atoms with Crippen molar-refractivity contribution in [3.05, 3.63) is 42.0 Å². The number of carbonyl (C=O) groups excluding carboxylic acids is 2. The number of nitrogens with two attached hydrogens (primary N) is 1. The van der Waals surface area contributed by atoms with Crippen LogP contribution >= 0.6 is 0 Å². The molecule has 0 spiro atoms. The lowest BCUT2D eigenvalue weighted by Crippen LogP contribution is -3.14. The standard InChI is InChI=1S/C19H25N3O2/c20-19(24)17-6-10-21(11-7-17)14-18(23)22-12-8-16(9-13-22)15-4-2-1-3-5-15/h1-5,8,17H,6-7,9-14H2,(H2,20,24)/p+1. The average Bonchev–Trinajstić information content (AvgIpc) is 2.63. The maximum Gasteiger partial charge on any atom is 0.278 e. The molecule has 0 saturated carbocycles. The molecule has 3 N–H and O–H groups in total.